The minimum atomic E-state index is -0.927. The zero-order valence-corrected chi connectivity index (χ0v) is 16.8. The number of amides is 2. The molecule has 2 amide bonds. The van der Waals surface area contributed by atoms with Crippen LogP contribution in [0.4, 0.5) is 17.5 Å². The lowest BCUT2D eigenvalue weighted by atomic mass is 9.92. The zero-order chi connectivity index (χ0) is 20.5. The highest BCUT2D eigenvalue weighted by atomic mass is 35.5. The quantitative estimate of drug-likeness (QED) is 0.714. The van der Waals surface area contributed by atoms with Crippen molar-refractivity contribution in [2.45, 2.75) is 38.5 Å². The Labute approximate surface area is 172 Å². The number of H-pyrrole nitrogens is 1. The van der Waals surface area contributed by atoms with Gasteiger partial charge >= 0.3 is 0 Å². The molecule has 2 aliphatic rings. The molecule has 1 saturated heterocycles. The number of hydrogen-bond donors (Lipinski definition) is 3. The Hall–Kier alpha value is -2.87. The van der Waals surface area contributed by atoms with Crippen molar-refractivity contribution in [3.05, 3.63) is 44.7 Å². The van der Waals surface area contributed by atoms with Gasteiger partial charge in [0.05, 0.1) is 11.5 Å². The third-order valence-corrected chi connectivity index (χ3v) is 5.85. The SMILES string of the molecule is Cc1c(Cl)cccc1NC(=O)C1CC(=O)Nc2nc(N3CCCCC3)[nH]c(=O)c21. The first-order valence-corrected chi connectivity index (χ1v) is 10.1. The summed E-state index contributed by atoms with van der Waals surface area (Å²) in [6.45, 7) is 3.39. The van der Waals surface area contributed by atoms with E-state index in [4.69, 9.17) is 11.6 Å². The van der Waals surface area contributed by atoms with Gasteiger partial charge in [-0.25, -0.2) is 0 Å². The minimum absolute atomic E-state index is 0.119. The van der Waals surface area contributed by atoms with Gasteiger partial charge in [-0.1, -0.05) is 17.7 Å². The molecule has 152 valence electrons. The number of anilines is 3. The molecule has 2 aromatic rings. The van der Waals surface area contributed by atoms with E-state index in [2.05, 4.69) is 20.6 Å². The summed E-state index contributed by atoms with van der Waals surface area (Å²) in [5.74, 6) is -1.12. The number of aromatic nitrogens is 2. The third-order valence-electron chi connectivity index (χ3n) is 5.44. The molecule has 3 N–H and O–H groups in total. The van der Waals surface area contributed by atoms with Crippen molar-refractivity contribution in [1.82, 2.24) is 9.97 Å². The number of halogens is 1. The van der Waals surface area contributed by atoms with Gasteiger partial charge in [-0.05, 0) is 43.9 Å². The highest BCUT2D eigenvalue weighted by Gasteiger charge is 2.35. The van der Waals surface area contributed by atoms with Gasteiger partial charge in [-0.15, -0.1) is 0 Å². The standard InChI is InChI=1S/C20H22ClN5O3/c1-11-13(21)6-5-7-14(11)22-18(28)12-10-15(27)23-17-16(12)19(29)25-20(24-17)26-8-3-2-4-9-26/h5-7,12H,2-4,8-10H2,1H3,(H,22,28)(H2,23,24,25,27,29). The Balaban J connectivity index is 1.66. The van der Waals surface area contributed by atoms with Crippen LogP contribution < -0.4 is 21.1 Å². The summed E-state index contributed by atoms with van der Waals surface area (Å²) in [7, 11) is 0. The van der Waals surface area contributed by atoms with E-state index in [9.17, 15) is 14.4 Å². The van der Waals surface area contributed by atoms with Gasteiger partial charge in [0, 0.05) is 30.2 Å². The maximum atomic E-state index is 13.0. The van der Waals surface area contributed by atoms with Crippen molar-refractivity contribution in [2.24, 2.45) is 0 Å². The fourth-order valence-corrected chi connectivity index (χ4v) is 3.98. The Morgan fingerprint density at radius 1 is 1.24 bits per heavy atom. The van der Waals surface area contributed by atoms with Crippen molar-refractivity contribution in [3.63, 3.8) is 0 Å². The molecule has 2 aliphatic heterocycles. The molecule has 29 heavy (non-hydrogen) atoms. The molecule has 1 unspecified atom stereocenters. The van der Waals surface area contributed by atoms with Gasteiger partial charge < -0.3 is 15.5 Å². The Kier molecular flexibility index (Phi) is 5.27. The number of rotatable bonds is 3. The zero-order valence-electron chi connectivity index (χ0n) is 16.0. The van der Waals surface area contributed by atoms with Crippen LogP contribution >= 0.6 is 11.6 Å². The molecule has 1 aromatic carbocycles. The summed E-state index contributed by atoms with van der Waals surface area (Å²) in [5, 5.41) is 5.97. The monoisotopic (exact) mass is 415 g/mol. The van der Waals surface area contributed by atoms with E-state index in [1.807, 2.05) is 4.90 Å². The number of piperidine rings is 1. The Morgan fingerprint density at radius 3 is 2.76 bits per heavy atom. The minimum Gasteiger partial charge on any atom is -0.342 e. The average molecular weight is 416 g/mol. The fraction of sp³-hybridized carbons (Fsp3) is 0.400. The first kappa shape index (κ1) is 19.4. The molecule has 0 radical (unpaired) electrons. The van der Waals surface area contributed by atoms with Crippen molar-refractivity contribution < 1.29 is 9.59 Å². The lowest BCUT2D eigenvalue weighted by Gasteiger charge is -2.29. The van der Waals surface area contributed by atoms with Crippen LogP contribution in [0.2, 0.25) is 5.02 Å². The Bertz CT molecular complexity index is 1030. The predicted molar refractivity (Wildman–Crippen MR) is 112 cm³/mol. The van der Waals surface area contributed by atoms with Crippen LogP contribution in [0.25, 0.3) is 0 Å². The number of carbonyl (C=O) groups excluding carboxylic acids is 2. The molecule has 0 spiro atoms. The van der Waals surface area contributed by atoms with Crippen LogP contribution in [0.1, 0.15) is 42.7 Å². The van der Waals surface area contributed by atoms with Crippen molar-refractivity contribution in [3.8, 4) is 0 Å². The van der Waals surface area contributed by atoms with Crippen molar-refractivity contribution in [1.29, 1.82) is 0 Å². The maximum absolute atomic E-state index is 13.0. The molecular formula is C20H22ClN5O3. The van der Waals surface area contributed by atoms with Crippen molar-refractivity contribution >= 4 is 40.9 Å². The summed E-state index contributed by atoms with van der Waals surface area (Å²) in [6.07, 6.45) is 3.08. The molecule has 8 nitrogen and oxygen atoms in total. The molecule has 1 atom stereocenters. The number of fused-ring (bicyclic) bond motifs is 1. The van der Waals surface area contributed by atoms with E-state index in [0.29, 0.717) is 16.7 Å². The maximum Gasteiger partial charge on any atom is 0.258 e. The summed E-state index contributed by atoms with van der Waals surface area (Å²) < 4.78 is 0. The number of nitrogens with zero attached hydrogens (tertiary/aromatic N) is 2. The molecule has 0 saturated carbocycles. The van der Waals surface area contributed by atoms with E-state index < -0.39 is 17.4 Å². The summed E-state index contributed by atoms with van der Waals surface area (Å²) in [4.78, 5) is 47.3. The van der Waals surface area contributed by atoms with E-state index in [-0.39, 0.29) is 23.7 Å². The largest absolute Gasteiger partial charge is 0.342 e. The van der Waals surface area contributed by atoms with Gasteiger partial charge in [-0.3, -0.25) is 19.4 Å². The number of aromatic amines is 1. The number of hydrogen-bond acceptors (Lipinski definition) is 5. The fourth-order valence-electron chi connectivity index (χ4n) is 3.80. The van der Waals surface area contributed by atoms with E-state index in [1.165, 1.54) is 0 Å². The predicted octanol–water partition coefficient (Wildman–Crippen LogP) is 2.79. The van der Waals surface area contributed by atoms with Gasteiger partial charge in [0.25, 0.3) is 5.56 Å². The number of benzene rings is 1. The molecule has 1 aromatic heterocycles. The average Bonchev–Trinajstić information content (AvgIpc) is 2.71. The third kappa shape index (κ3) is 3.85. The van der Waals surface area contributed by atoms with Gasteiger partial charge in [-0.2, -0.15) is 4.98 Å². The second-order valence-electron chi connectivity index (χ2n) is 7.41. The summed E-state index contributed by atoms with van der Waals surface area (Å²) in [5.41, 5.74) is 1.04. The van der Waals surface area contributed by atoms with E-state index >= 15 is 0 Å². The van der Waals surface area contributed by atoms with Crippen LogP contribution in [0.15, 0.2) is 23.0 Å². The molecule has 0 aliphatic carbocycles. The molecule has 0 bridgehead atoms. The highest BCUT2D eigenvalue weighted by molar-refractivity contribution is 6.31. The van der Waals surface area contributed by atoms with Crippen LogP contribution in [0.3, 0.4) is 0 Å². The number of carbonyl (C=O) groups is 2. The van der Waals surface area contributed by atoms with E-state index in [1.54, 1.807) is 25.1 Å². The first-order chi connectivity index (χ1) is 13.9. The van der Waals surface area contributed by atoms with Gasteiger partial charge in [0.15, 0.2) is 0 Å². The van der Waals surface area contributed by atoms with Gasteiger partial charge in [0.1, 0.15) is 5.82 Å². The Morgan fingerprint density at radius 2 is 2.00 bits per heavy atom. The molecule has 4 rings (SSSR count). The van der Waals surface area contributed by atoms with Crippen molar-refractivity contribution in [2.75, 3.05) is 28.6 Å². The molecule has 1 fully saturated rings. The lowest BCUT2D eigenvalue weighted by molar-refractivity contribution is -0.123. The molecule has 9 heteroatoms. The van der Waals surface area contributed by atoms with Gasteiger partial charge in [0.2, 0.25) is 17.8 Å². The van der Waals surface area contributed by atoms with Crippen LogP contribution in [-0.2, 0) is 9.59 Å². The lowest BCUT2D eigenvalue weighted by Crippen LogP contribution is -2.38. The first-order valence-electron chi connectivity index (χ1n) is 9.69. The second-order valence-corrected chi connectivity index (χ2v) is 7.81. The van der Waals surface area contributed by atoms with E-state index in [0.717, 1.165) is 37.9 Å². The highest BCUT2D eigenvalue weighted by Crippen LogP contribution is 2.31. The van der Waals surface area contributed by atoms with Crippen LogP contribution in [0.5, 0.6) is 0 Å². The van der Waals surface area contributed by atoms with Crippen LogP contribution in [0, 0.1) is 6.92 Å². The number of nitrogens with one attached hydrogen (secondary N) is 3. The smallest absolute Gasteiger partial charge is 0.258 e. The topological polar surface area (TPSA) is 107 Å². The summed E-state index contributed by atoms with van der Waals surface area (Å²) >= 11 is 6.12. The molecular weight excluding hydrogens is 394 g/mol. The summed E-state index contributed by atoms with van der Waals surface area (Å²) in [6, 6.07) is 5.18. The normalized spacial score (nSPS) is 18.8. The molecule has 3 heterocycles. The van der Waals surface area contributed by atoms with Crippen LogP contribution in [-0.4, -0.2) is 34.9 Å². The second kappa shape index (κ2) is 7.87.